The molecule has 2 heterocycles. The Morgan fingerprint density at radius 3 is 1.44 bits per heavy atom. The minimum Gasteiger partial charge on any atom is -0.465 e. The van der Waals surface area contributed by atoms with Crippen molar-refractivity contribution in [1.82, 2.24) is 20.4 Å². The van der Waals surface area contributed by atoms with Crippen LogP contribution in [0.3, 0.4) is 0 Å². The lowest BCUT2D eigenvalue weighted by Crippen LogP contribution is -2.77. The van der Waals surface area contributed by atoms with Crippen LogP contribution in [0.1, 0.15) is 59.1 Å². The zero-order chi connectivity index (χ0) is 41.2. The summed E-state index contributed by atoms with van der Waals surface area (Å²) in [6.07, 6.45) is -5.05. The number of carbonyl (C=O) groups excluding carboxylic acids is 4. The van der Waals surface area contributed by atoms with Gasteiger partial charge in [-0.05, 0) is 79.0 Å². The summed E-state index contributed by atoms with van der Waals surface area (Å²) < 4.78 is 0. The number of aryl methyl sites for hydroxylation is 1. The molecule has 0 radical (unpaired) electrons. The molecule has 300 valence electrons. The van der Waals surface area contributed by atoms with Gasteiger partial charge < -0.3 is 36.8 Å². The summed E-state index contributed by atoms with van der Waals surface area (Å²) in [5, 5.41) is 49.0. The molecule has 9 rings (SSSR count). The Balaban J connectivity index is 1.51. The molecule has 6 atom stereocenters. The van der Waals surface area contributed by atoms with Gasteiger partial charge in [-0.1, -0.05) is 60.7 Å². The van der Waals surface area contributed by atoms with Gasteiger partial charge in [-0.2, -0.15) is 0 Å². The van der Waals surface area contributed by atoms with Gasteiger partial charge in [-0.15, -0.1) is 0 Å². The Bertz CT molecular complexity index is 2060. The van der Waals surface area contributed by atoms with Crippen molar-refractivity contribution in [3.05, 3.63) is 100 Å². The zero-order valence-electron chi connectivity index (χ0n) is 31.4. The number of likely N-dealkylation sites (tertiary alicyclic amines) is 2. The van der Waals surface area contributed by atoms with Crippen molar-refractivity contribution in [1.29, 1.82) is 0 Å². The number of amides is 6. The molecule has 0 saturated carbocycles. The molecule has 10 N–H and O–H groups in total. The number of hydrogen-bond donors (Lipinski definition) is 8. The summed E-state index contributed by atoms with van der Waals surface area (Å²) in [6, 6.07) is 18.2. The van der Waals surface area contributed by atoms with Crippen molar-refractivity contribution in [2.24, 2.45) is 11.5 Å². The first-order valence-electron chi connectivity index (χ1n) is 18.7. The Kier molecular flexibility index (Phi) is 9.63. The molecular formula is C40H45N7O10. The van der Waals surface area contributed by atoms with Gasteiger partial charge in [0.05, 0.1) is 12.3 Å². The Labute approximate surface area is 327 Å². The van der Waals surface area contributed by atoms with E-state index in [-0.39, 0.29) is 37.1 Å². The molecule has 4 aliphatic carbocycles. The molecule has 4 unspecified atom stereocenters. The number of carboxylic acid groups (broad SMARTS) is 2. The number of primary amides is 2. The maximum atomic E-state index is 14.7. The molecule has 4 bridgehead atoms. The van der Waals surface area contributed by atoms with Crippen molar-refractivity contribution >= 4 is 41.5 Å². The number of rotatable bonds is 9. The molecule has 17 nitrogen and oxygen atoms in total. The molecule has 3 aromatic rings. The quantitative estimate of drug-likeness (QED) is 0.150. The normalized spacial score (nSPS) is 29.3. The summed E-state index contributed by atoms with van der Waals surface area (Å²) in [7, 11) is 0. The van der Waals surface area contributed by atoms with E-state index in [1.807, 2.05) is 41.5 Å². The van der Waals surface area contributed by atoms with Crippen molar-refractivity contribution in [3.8, 4) is 0 Å². The van der Waals surface area contributed by atoms with E-state index in [0.29, 0.717) is 29.7 Å². The predicted molar refractivity (Wildman–Crippen MR) is 202 cm³/mol. The molecule has 6 amide bonds. The molecule has 2 fully saturated rings. The number of anilines is 1. The van der Waals surface area contributed by atoms with Crippen LogP contribution in [0.25, 0.3) is 0 Å². The minimum atomic E-state index is -2.70. The van der Waals surface area contributed by atoms with E-state index in [9.17, 15) is 49.2 Å². The summed E-state index contributed by atoms with van der Waals surface area (Å²) in [5.74, 6) is -4.98. The molecule has 0 aromatic heterocycles. The monoisotopic (exact) mass is 783 g/mol. The zero-order valence-corrected chi connectivity index (χ0v) is 31.4. The van der Waals surface area contributed by atoms with Gasteiger partial charge in [0.15, 0.2) is 22.3 Å². The largest absolute Gasteiger partial charge is 0.465 e. The fraction of sp³-hybridized carbons (Fsp3) is 0.400. The predicted octanol–water partition coefficient (Wildman–Crippen LogP) is 0.878. The molecule has 57 heavy (non-hydrogen) atoms. The number of fused-ring (bicyclic) bond motifs is 8. The Morgan fingerprint density at radius 1 is 0.667 bits per heavy atom. The van der Waals surface area contributed by atoms with Crippen LogP contribution in [-0.4, -0.2) is 103 Å². The lowest BCUT2D eigenvalue weighted by molar-refractivity contribution is -0.177. The summed E-state index contributed by atoms with van der Waals surface area (Å²) >= 11 is 0. The van der Waals surface area contributed by atoms with Gasteiger partial charge >= 0.3 is 12.2 Å². The minimum absolute atomic E-state index is 0.0406. The Hall–Kier alpha value is -5.88. The van der Waals surface area contributed by atoms with Crippen molar-refractivity contribution < 1.29 is 49.2 Å². The van der Waals surface area contributed by atoms with Crippen LogP contribution in [0.4, 0.5) is 15.3 Å². The average Bonchev–Trinajstić information content (AvgIpc) is 3.72. The second kappa shape index (κ2) is 13.9. The highest BCUT2D eigenvalue weighted by molar-refractivity contribution is 6.05. The first-order chi connectivity index (χ1) is 26.9. The number of benzene rings is 3. The van der Waals surface area contributed by atoms with Crippen LogP contribution in [0.5, 0.6) is 0 Å². The highest BCUT2D eigenvalue weighted by atomic mass is 16.4. The fourth-order valence-electron chi connectivity index (χ4n) is 10.1. The topological polar surface area (TPSA) is 269 Å². The number of nitrogens with two attached hydrogens (primary N) is 2. The second-order valence-electron chi connectivity index (χ2n) is 15.4. The lowest BCUT2D eigenvalue weighted by Gasteiger charge is -2.56. The first kappa shape index (κ1) is 39.4. The smallest absolute Gasteiger partial charge is 0.411 e. The van der Waals surface area contributed by atoms with Gasteiger partial charge in [-0.25, -0.2) is 9.59 Å². The molecule has 17 heteroatoms. The number of nitrogens with zero attached hydrogens (tertiary/aromatic N) is 3. The second-order valence-corrected chi connectivity index (χ2v) is 15.4. The van der Waals surface area contributed by atoms with Crippen LogP contribution in [-0.2, 0) is 43.1 Å². The standard InChI is InChI=1S/C40H45N7O10/c1-22-6-3-7-28(23(22)2)47(29-8-4-18-45(29)39(33(50)43-35(52)53)26-14-10-24(11-15-26)20-37(39,56)31(41)48)30-9-5-19-46(30)40(34(51)44-36(54)55)27-16-12-25(13-17-27)21-38(40,57)32(42)49/h3,6-7,10-17,29-30,56-57H,4-5,8-9,18-21H2,1-2H3,(H2,41,48)(H2,42,49)(H,43,50)(H,44,51)(H,52,53)(H,54,55)/t29?,30?,37?,38?,39-,40-/m1/s1. The SMILES string of the molecule is Cc1cccc(N(C2CCCN2[C@@]2(C(=O)NC(=O)O)c3ccc(cc3)CC2(O)C(N)=O)C2CCCN2[C@@]2(C(=O)NC(=O)O)c3ccc(cc3)CC2(O)C(N)=O)c1C. The van der Waals surface area contributed by atoms with Crippen molar-refractivity contribution in [3.63, 3.8) is 0 Å². The van der Waals surface area contributed by atoms with E-state index in [4.69, 9.17) is 11.5 Å². The summed E-state index contributed by atoms with van der Waals surface area (Å²) in [4.78, 5) is 86.3. The van der Waals surface area contributed by atoms with Gasteiger partial charge in [0.1, 0.15) is 0 Å². The van der Waals surface area contributed by atoms with Crippen LogP contribution in [0, 0.1) is 13.8 Å². The third-order valence-electron chi connectivity index (χ3n) is 12.6. The highest BCUT2D eigenvalue weighted by Crippen LogP contribution is 2.52. The fourth-order valence-corrected chi connectivity index (χ4v) is 10.1. The van der Waals surface area contributed by atoms with E-state index >= 15 is 0 Å². The molecule has 6 aliphatic rings. The maximum Gasteiger partial charge on any atom is 0.411 e. The number of carbonyl (C=O) groups is 6. The van der Waals surface area contributed by atoms with Crippen LogP contribution < -0.4 is 27.0 Å². The van der Waals surface area contributed by atoms with Gasteiger partial charge in [0.25, 0.3) is 23.6 Å². The van der Waals surface area contributed by atoms with E-state index in [1.165, 1.54) is 0 Å². The van der Waals surface area contributed by atoms with Crippen molar-refractivity contribution in [2.75, 3.05) is 18.0 Å². The van der Waals surface area contributed by atoms with Gasteiger partial charge in [-0.3, -0.25) is 39.6 Å². The number of aliphatic hydroxyl groups is 2. The molecule has 0 spiro atoms. The summed E-state index contributed by atoms with van der Waals surface area (Å²) in [6.45, 7) is 3.83. The van der Waals surface area contributed by atoms with E-state index in [2.05, 4.69) is 0 Å². The van der Waals surface area contributed by atoms with Crippen LogP contribution in [0.15, 0.2) is 66.7 Å². The summed E-state index contributed by atoms with van der Waals surface area (Å²) in [5.41, 5.74) is 5.07. The van der Waals surface area contributed by atoms with Gasteiger partial charge in [0.2, 0.25) is 0 Å². The maximum absolute atomic E-state index is 14.7. The van der Waals surface area contributed by atoms with Crippen molar-refractivity contribution in [2.45, 2.75) is 87.0 Å². The highest BCUT2D eigenvalue weighted by Gasteiger charge is 2.70. The number of hydrogen-bond acceptors (Lipinski definition) is 11. The average molecular weight is 784 g/mol. The Morgan fingerprint density at radius 2 is 1.07 bits per heavy atom. The molecule has 3 aromatic carbocycles. The lowest BCUT2D eigenvalue weighted by atomic mass is 9.71. The van der Waals surface area contributed by atoms with Gasteiger partial charge in [0, 0.05) is 31.6 Å². The van der Waals surface area contributed by atoms with Crippen LogP contribution in [0.2, 0.25) is 0 Å². The molecular weight excluding hydrogens is 738 g/mol. The van der Waals surface area contributed by atoms with Crippen LogP contribution >= 0.6 is 0 Å². The third kappa shape index (κ3) is 5.59. The number of imide groups is 2. The third-order valence-corrected chi connectivity index (χ3v) is 12.6. The molecule has 2 aliphatic heterocycles. The number of nitrogens with one attached hydrogen (secondary N) is 2. The van der Waals surface area contributed by atoms with E-state index in [0.717, 1.165) is 11.1 Å². The van der Waals surface area contributed by atoms with E-state index < -0.39 is 83.3 Å². The molecule has 2 saturated heterocycles. The van der Waals surface area contributed by atoms with E-state index in [1.54, 1.807) is 64.4 Å². The first-order valence-corrected chi connectivity index (χ1v) is 18.7.